The Bertz CT molecular complexity index is 736. The van der Waals surface area contributed by atoms with E-state index < -0.39 is 11.6 Å². The van der Waals surface area contributed by atoms with Crippen LogP contribution in [0.4, 0.5) is 8.78 Å². The lowest BCUT2D eigenvalue weighted by Crippen LogP contribution is -2.02. The summed E-state index contributed by atoms with van der Waals surface area (Å²) in [5.74, 6) is -1.50. The Morgan fingerprint density at radius 1 is 1.24 bits per heavy atom. The van der Waals surface area contributed by atoms with Crippen LogP contribution in [0.5, 0.6) is 5.75 Å². The van der Waals surface area contributed by atoms with Gasteiger partial charge in [-0.2, -0.15) is 5.26 Å². The topological polar surface area (TPSA) is 50.1 Å². The van der Waals surface area contributed by atoms with Crippen molar-refractivity contribution >= 4 is 5.78 Å². The van der Waals surface area contributed by atoms with Crippen molar-refractivity contribution < 1.29 is 18.3 Å². The molecule has 0 aromatic heterocycles. The summed E-state index contributed by atoms with van der Waals surface area (Å²) in [7, 11) is 0. The molecule has 0 aliphatic heterocycles. The van der Waals surface area contributed by atoms with Gasteiger partial charge in [-0.15, -0.1) is 0 Å². The van der Waals surface area contributed by atoms with E-state index in [-0.39, 0.29) is 29.3 Å². The molecule has 106 valence electrons. The Balaban J connectivity index is 2.19. The van der Waals surface area contributed by atoms with E-state index in [0.29, 0.717) is 5.56 Å². The molecule has 0 heterocycles. The summed E-state index contributed by atoms with van der Waals surface area (Å²) in [6.07, 6.45) is 0. The second-order valence-electron chi connectivity index (χ2n) is 4.40. The van der Waals surface area contributed by atoms with Gasteiger partial charge in [0.1, 0.15) is 12.4 Å². The summed E-state index contributed by atoms with van der Waals surface area (Å²) in [4.78, 5) is 11.1. The minimum Gasteiger partial charge on any atom is -0.486 e. The monoisotopic (exact) mass is 287 g/mol. The van der Waals surface area contributed by atoms with Crippen LogP contribution in [0, 0.1) is 23.0 Å². The van der Waals surface area contributed by atoms with Gasteiger partial charge in [-0.25, -0.2) is 8.78 Å². The highest BCUT2D eigenvalue weighted by Gasteiger charge is 2.10. The molecule has 3 nitrogen and oxygen atoms in total. The zero-order valence-corrected chi connectivity index (χ0v) is 11.2. The maximum absolute atomic E-state index is 13.8. The van der Waals surface area contributed by atoms with Crippen LogP contribution in [-0.4, -0.2) is 5.78 Å². The zero-order valence-electron chi connectivity index (χ0n) is 11.2. The number of Topliss-reactive ketones (excluding diaryl/α,β-unsaturated/α-hetero) is 1. The molecule has 0 aliphatic rings. The minimum absolute atomic E-state index is 0.0619. The van der Waals surface area contributed by atoms with Gasteiger partial charge in [0.15, 0.2) is 17.3 Å². The molecule has 0 spiro atoms. The number of benzene rings is 2. The van der Waals surface area contributed by atoms with Crippen LogP contribution in [0.1, 0.15) is 28.4 Å². The fraction of sp³-hybridized carbons (Fsp3) is 0.125. The highest BCUT2D eigenvalue weighted by molar-refractivity contribution is 5.94. The van der Waals surface area contributed by atoms with Gasteiger partial charge < -0.3 is 4.74 Å². The van der Waals surface area contributed by atoms with Gasteiger partial charge in [0.05, 0.1) is 11.6 Å². The van der Waals surface area contributed by atoms with Crippen LogP contribution in [0.15, 0.2) is 36.4 Å². The van der Waals surface area contributed by atoms with Crippen molar-refractivity contribution in [3.05, 3.63) is 64.7 Å². The number of rotatable bonds is 4. The first kappa shape index (κ1) is 14.7. The van der Waals surface area contributed by atoms with Crippen molar-refractivity contribution in [3.63, 3.8) is 0 Å². The number of carbonyl (C=O) groups is 1. The highest BCUT2D eigenvalue weighted by Crippen LogP contribution is 2.21. The molecule has 21 heavy (non-hydrogen) atoms. The number of carbonyl (C=O) groups excluding carboxylic acids is 1. The molecule has 2 rings (SSSR count). The lowest BCUT2D eigenvalue weighted by atomic mass is 10.1. The van der Waals surface area contributed by atoms with Gasteiger partial charge in [0.25, 0.3) is 0 Å². The molecule has 0 fully saturated rings. The molecule has 0 aliphatic carbocycles. The van der Waals surface area contributed by atoms with Crippen LogP contribution in [0.25, 0.3) is 0 Å². The lowest BCUT2D eigenvalue weighted by molar-refractivity contribution is 0.101. The van der Waals surface area contributed by atoms with Crippen LogP contribution in [0.3, 0.4) is 0 Å². The predicted molar refractivity (Wildman–Crippen MR) is 71.9 cm³/mol. The third-order valence-electron chi connectivity index (χ3n) is 2.91. The quantitative estimate of drug-likeness (QED) is 0.807. The van der Waals surface area contributed by atoms with Gasteiger partial charge >= 0.3 is 0 Å². The van der Waals surface area contributed by atoms with E-state index in [2.05, 4.69) is 0 Å². The Kier molecular flexibility index (Phi) is 4.29. The number of ketones is 1. The molecule has 0 radical (unpaired) electrons. The van der Waals surface area contributed by atoms with E-state index in [0.717, 1.165) is 6.07 Å². The first-order valence-electron chi connectivity index (χ1n) is 6.13. The van der Waals surface area contributed by atoms with Crippen LogP contribution >= 0.6 is 0 Å². The van der Waals surface area contributed by atoms with Crippen molar-refractivity contribution in [3.8, 4) is 11.8 Å². The second kappa shape index (κ2) is 6.14. The third-order valence-corrected chi connectivity index (χ3v) is 2.91. The third kappa shape index (κ3) is 3.42. The SMILES string of the molecule is CC(=O)c1ccc(OCc2cc(F)ccc2C#N)c(F)c1. The largest absolute Gasteiger partial charge is 0.486 e. The Hall–Kier alpha value is -2.74. The van der Waals surface area contributed by atoms with E-state index >= 15 is 0 Å². The van der Waals surface area contributed by atoms with Gasteiger partial charge in [-0.3, -0.25) is 4.79 Å². The molecule has 0 amide bonds. The number of hydrogen-bond donors (Lipinski definition) is 0. The smallest absolute Gasteiger partial charge is 0.165 e. The average Bonchev–Trinajstić information content (AvgIpc) is 2.46. The molecule has 2 aromatic rings. The summed E-state index contributed by atoms with van der Waals surface area (Å²) in [6, 6.07) is 9.44. The molecule has 0 atom stereocenters. The van der Waals surface area contributed by atoms with Crippen molar-refractivity contribution in [2.75, 3.05) is 0 Å². The maximum atomic E-state index is 13.8. The summed E-state index contributed by atoms with van der Waals surface area (Å²) in [5, 5.41) is 8.92. The summed E-state index contributed by atoms with van der Waals surface area (Å²) in [6.45, 7) is 1.19. The van der Waals surface area contributed by atoms with E-state index in [1.54, 1.807) is 0 Å². The summed E-state index contributed by atoms with van der Waals surface area (Å²) in [5.41, 5.74) is 0.827. The first-order chi connectivity index (χ1) is 10.0. The number of halogens is 2. The molecule has 0 unspecified atom stereocenters. The fourth-order valence-corrected chi connectivity index (χ4v) is 1.78. The van der Waals surface area contributed by atoms with Gasteiger partial charge in [-0.05, 0) is 43.3 Å². The Labute approximate surface area is 120 Å². The lowest BCUT2D eigenvalue weighted by Gasteiger charge is -2.09. The van der Waals surface area contributed by atoms with E-state index in [9.17, 15) is 13.6 Å². The zero-order chi connectivity index (χ0) is 15.4. The molecular weight excluding hydrogens is 276 g/mol. The molecule has 0 N–H and O–H groups in total. The van der Waals surface area contributed by atoms with E-state index in [1.165, 1.54) is 37.3 Å². The van der Waals surface area contributed by atoms with E-state index in [4.69, 9.17) is 10.00 Å². The number of nitriles is 1. The van der Waals surface area contributed by atoms with Crippen molar-refractivity contribution in [2.24, 2.45) is 0 Å². The molecular formula is C16H11F2NO2. The van der Waals surface area contributed by atoms with Gasteiger partial charge in [-0.1, -0.05) is 0 Å². The van der Waals surface area contributed by atoms with Crippen molar-refractivity contribution in [1.29, 1.82) is 5.26 Å². The predicted octanol–water partition coefficient (Wildman–Crippen LogP) is 3.62. The number of hydrogen-bond acceptors (Lipinski definition) is 3. The van der Waals surface area contributed by atoms with Crippen LogP contribution < -0.4 is 4.74 Å². The molecule has 0 bridgehead atoms. The maximum Gasteiger partial charge on any atom is 0.165 e. The minimum atomic E-state index is -0.683. The highest BCUT2D eigenvalue weighted by atomic mass is 19.1. The van der Waals surface area contributed by atoms with E-state index in [1.807, 2.05) is 6.07 Å². The number of nitrogens with zero attached hydrogens (tertiary/aromatic N) is 1. The van der Waals surface area contributed by atoms with Gasteiger partial charge in [0.2, 0.25) is 0 Å². The van der Waals surface area contributed by atoms with Crippen molar-refractivity contribution in [2.45, 2.75) is 13.5 Å². The first-order valence-corrected chi connectivity index (χ1v) is 6.13. The molecule has 5 heteroatoms. The van der Waals surface area contributed by atoms with Crippen molar-refractivity contribution in [1.82, 2.24) is 0 Å². The Morgan fingerprint density at radius 2 is 2.00 bits per heavy atom. The van der Waals surface area contributed by atoms with Crippen LogP contribution in [0.2, 0.25) is 0 Å². The average molecular weight is 287 g/mol. The second-order valence-corrected chi connectivity index (χ2v) is 4.40. The number of ether oxygens (including phenoxy) is 1. The summed E-state index contributed by atoms with van der Waals surface area (Å²) >= 11 is 0. The summed E-state index contributed by atoms with van der Waals surface area (Å²) < 4.78 is 32.2. The standard InChI is InChI=1S/C16H11F2NO2/c1-10(20)11-3-5-16(15(18)7-11)21-9-13-6-14(17)4-2-12(13)8-19/h2-7H,9H2,1H3. The van der Waals surface area contributed by atoms with Gasteiger partial charge in [0, 0.05) is 11.1 Å². The normalized spacial score (nSPS) is 10.0. The molecule has 0 saturated heterocycles. The fourth-order valence-electron chi connectivity index (χ4n) is 1.78. The Morgan fingerprint density at radius 3 is 2.62 bits per heavy atom. The molecule has 0 saturated carbocycles. The molecule has 2 aromatic carbocycles. The van der Waals surface area contributed by atoms with Crippen LogP contribution in [-0.2, 0) is 6.61 Å².